The molecular formula is C14H17NO5. The molecule has 0 aromatic heterocycles. The Hall–Kier alpha value is -2.05. The first kappa shape index (κ1) is 16.0. The van der Waals surface area contributed by atoms with E-state index in [0.717, 1.165) is 0 Å². The highest BCUT2D eigenvalue weighted by molar-refractivity contribution is 6.07. The van der Waals surface area contributed by atoms with Crippen LogP contribution in [0.5, 0.6) is 0 Å². The number of benzene rings is 1. The van der Waals surface area contributed by atoms with Gasteiger partial charge in [-0.05, 0) is 25.5 Å². The van der Waals surface area contributed by atoms with Crippen molar-refractivity contribution in [2.24, 2.45) is 0 Å². The number of ketones is 2. The van der Waals surface area contributed by atoms with Gasteiger partial charge in [0, 0.05) is 17.5 Å². The highest BCUT2D eigenvalue weighted by Crippen LogP contribution is 2.15. The molecule has 0 bridgehead atoms. The van der Waals surface area contributed by atoms with Crippen molar-refractivity contribution in [1.29, 1.82) is 0 Å². The number of hydrogen-bond acceptors (Lipinski definition) is 6. The molecule has 0 saturated carbocycles. The minimum absolute atomic E-state index is 0.141. The zero-order valence-electron chi connectivity index (χ0n) is 11.6. The monoisotopic (exact) mass is 279 g/mol. The molecule has 0 heterocycles. The van der Waals surface area contributed by atoms with Gasteiger partial charge in [-0.15, -0.1) is 0 Å². The number of esters is 1. The molecule has 1 atom stereocenters. The van der Waals surface area contributed by atoms with Gasteiger partial charge in [0.2, 0.25) is 0 Å². The second-order valence-corrected chi connectivity index (χ2v) is 4.40. The van der Waals surface area contributed by atoms with Crippen molar-refractivity contribution in [2.45, 2.75) is 26.3 Å². The van der Waals surface area contributed by atoms with Crippen LogP contribution in [-0.4, -0.2) is 35.9 Å². The Kier molecular flexibility index (Phi) is 5.54. The fraction of sp³-hybridized carbons (Fsp3) is 0.357. The van der Waals surface area contributed by atoms with E-state index in [9.17, 15) is 14.4 Å². The summed E-state index contributed by atoms with van der Waals surface area (Å²) in [6.45, 7) is 2.75. The van der Waals surface area contributed by atoms with Crippen LogP contribution in [0.25, 0.3) is 0 Å². The number of carbonyl (C=O) groups is 3. The van der Waals surface area contributed by atoms with Gasteiger partial charge in [-0.1, -0.05) is 12.1 Å². The van der Waals surface area contributed by atoms with E-state index in [1.807, 2.05) is 5.48 Å². The van der Waals surface area contributed by atoms with Crippen LogP contribution in [0.15, 0.2) is 18.2 Å². The summed E-state index contributed by atoms with van der Waals surface area (Å²) in [7, 11) is 1.21. The Labute approximate surface area is 116 Å². The molecular weight excluding hydrogens is 262 g/mol. The lowest BCUT2D eigenvalue weighted by Gasteiger charge is -2.13. The Morgan fingerprint density at radius 1 is 1.20 bits per heavy atom. The Morgan fingerprint density at radius 2 is 1.80 bits per heavy atom. The van der Waals surface area contributed by atoms with Crippen LogP contribution in [0.3, 0.4) is 0 Å². The predicted molar refractivity (Wildman–Crippen MR) is 70.9 cm³/mol. The molecule has 0 amide bonds. The number of carbonyl (C=O) groups excluding carboxylic acids is 3. The van der Waals surface area contributed by atoms with E-state index < -0.39 is 12.0 Å². The number of methoxy groups -OCH3 is 1. The molecule has 1 aromatic rings. The number of ether oxygens (including phenoxy) is 1. The van der Waals surface area contributed by atoms with Crippen LogP contribution in [-0.2, 0) is 16.0 Å². The van der Waals surface area contributed by atoms with Crippen LogP contribution in [0, 0.1) is 0 Å². The van der Waals surface area contributed by atoms with Crippen molar-refractivity contribution in [3.05, 3.63) is 34.9 Å². The predicted octanol–water partition coefficient (Wildman–Crippen LogP) is 1.15. The maximum atomic E-state index is 11.6. The normalized spacial score (nSPS) is 11.8. The van der Waals surface area contributed by atoms with Gasteiger partial charge < -0.3 is 9.94 Å². The Bertz CT molecular complexity index is 538. The van der Waals surface area contributed by atoms with Crippen molar-refractivity contribution >= 4 is 17.5 Å². The number of rotatable bonds is 6. The molecule has 0 fully saturated rings. The molecule has 1 rings (SSSR count). The van der Waals surface area contributed by atoms with Gasteiger partial charge >= 0.3 is 5.97 Å². The number of Topliss-reactive ketones (excluding diaryl/α,β-unsaturated/α-hetero) is 2. The molecule has 1 aromatic carbocycles. The first-order valence-electron chi connectivity index (χ1n) is 6.03. The fourth-order valence-corrected chi connectivity index (χ4v) is 1.88. The number of hydrogen-bond donors (Lipinski definition) is 2. The molecule has 0 spiro atoms. The SMILES string of the molecule is COC(=O)[C@H](Cc1ccc(C(C)=O)c(C(C)=O)c1)NO. The van der Waals surface area contributed by atoms with E-state index >= 15 is 0 Å². The van der Waals surface area contributed by atoms with Gasteiger partial charge in [-0.3, -0.25) is 14.4 Å². The fourth-order valence-electron chi connectivity index (χ4n) is 1.88. The average Bonchev–Trinajstić information content (AvgIpc) is 2.43. The van der Waals surface area contributed by atoms with E-state index in [0.29, 0.717) is 16.7 Å². The van der Waals surface area contributed by atoms with Gasteiger partial charge in [0.25, 0.3) is 0 Å². The zero-order valence-corrected chi connectivity index (χ0v) is 11.6. The molecule has 0 aliphatic rings. The highest BCUT2D eigenvalue weighted by Gasteiger charge is 2.20. The topological polar surface area (TPSA) is 92.7 Å². The molecule has 2 N–H and O–H groups in total. The van der Waals surface area contributed by atoms with E-state index in [-0.39, 0.29) is 18.0 Å². The van der Waals surface area contributed by atoms with Crippen molar-refractivity contribution in [2.75, 3.05) is 7.11 Å². The lowest BCUT2D eigenvalue weighted by molar-refractivity contribution is -0.145. The van der Waals surface area contributed by atoms with Crippen molar-refractivity contribution in [1.82, 2.24) is 5.48 Å². The third kappa shape index (κ3) is 3.72. The molecule has 20 heavy (non-hydrogen) atoms. The summed E-state index contributed by atoms with van der Waals surface area (Å²) in [6.07, 6.45) is 0.141. The van der Waals surface area contributed by atoms with Gasteiger partial charge in [-0.2, -0.15) is 5.48 Å². The molecule has 6 heteroatoms. The molecule has 0 aliphatic heterocycles. The molecule has 0 radical (unpaired) electrons. The molecule has 0 aliphatic carbocycles. The summed E-state index contributed by atoms with van der Waals surface area (Å²) in [5.74, 6) is -1.05. The largest absolute Gasteiger partial charge is 0.468 e. The third-order valence-corrected chi connectivity index (χ3v) is 2.92. The van der Waals surface area contributed by atoms with Crippen molar-refractivity contribution in [3.8, 4) is 0 Å². The summed E-state index contributed by atoms with van der Waals surface area (Å²) in [6, 6.07) is 3.80. The minimum Gasteiger partial charge on any atom is -0.468 e. The van der Waals surface area contributed by atoms with E-state index in [4.69, 9.17) is 5.21 Å². The molecule has 0 unspecified atom stereocenters. The molecule has 6 nitrogen and oxygen atoms in total. The smallest absolute Gasteiger partial charge is 0.325 e. The second kappa shape index (κ2) is 6.93. The zero-order chi connectivity index (χ0) is 15.3. The quantitative estimate of drug-likeness (QED) is 0.461. The lowest BCUT2D eigenvalue weighted by atomic mass is 9.96. The highest BCUT2D eigenvalue weighted by atomic mass is 16.5. The Balaban J connectivity index is 3.09. The van der Waals surface area contributed by atoms with Crippen LogP contribution >= 0.6 is 0 Å². The summed E-state index contributed by atoms with van der Waals surface area (Å²) < 4.78 is 4.53. The Morgan fingerprint density at radius 3 is 2.25 bits per heavy atom. The van der Waals surface area contributed by atoms with Crippen LogP contribution in [0.1, 0.15) is 40.1 Å². The lowest BCUT2D eigenvalue weighted by Crippen LogP contribution is -2.37. The number of nitrogens with one attached hydrogen (secondary N) is 1. The van der Waals surface area contributed by atoms with Crippen molar-refractivity contribution < 1.29 is 24.3 Å². The van der Waals surface area contributed by atoms with Gasteiger partial charge in [-0.25, -0.2) is 0 Å². The van der Waals surface area contributed by atoms with Gasteiger partial charge in [0.1, 0.15) is 6.04 Å². The minimum atomic E-state index is -0.928. The van der Waals surface area contributed by atoms with Crippen LogP contribution < -0.4 is 5.48 Å². The summed E-state index contributed by atoms with van der Waals surface area (Å²) in [5.41, 5.74) is 3.14. The van der Waals surface area contributed by atoms with E-state index in [1.165, 1.54) is 21.0 Å². The average molecular weight is 279 g/mol. The maximum Gasteiger partial charge on any atom is 0.325 e. The van der Waals surface area contributed by atoms with Gasteiger partial charge in [0.05, 0.1) is 7.11 Å². The van der Waals surface area contributed by atoms with E-state index in [2.05, 4.69) is 4.74 Å². The molecule has 0 saturated heterocycles. The van der Waals surface area contributed by atoms with Crippen LogP contribution in [0.2, 0.25) is 0 Å². The summed E-state index contributed by atoms with van der Waals surface area (Å²) in [4.78, 5) is 34.4. The summed E-state index contributed by atoms with van der Waals surface area (Å²) in [5, 5.41) is 8.94. The van der Waals surface area contributed by atoms with Crippen LogP contribution in [0.4, 0.5) is 0 Å². The second-order valence-electron chi connectivity index (χ2n) is 4.40. The first-order chi connectivity index (χ1) is 9.40. The number of hydroxylamine groups is 1. The van der Waals surface area contributed by atoms with Gasteiger partial charge in [0.15, 0.2) is 11.6 Å². The third-order valence-electron chi connectivity index (χ3n) is 2.92. The van der Waals surface area contributed by atoms with E-state index in [1.54, 1.807) is 18.2 Å². The summed E-state index contributed by atoms with van der Waals surface area (Å²) >= 11 is 0. The standard InChI is InChI=1S/C14H17NO5/c1-8(16)11-5-4-10(6-12(11)9(2)17)7-13(15-19)14(18)20-3/h4-6,13,15,19H,7H2,1-3H3/t13-/m0/s1. The van der Waals surface area contributed by atoms with Crippen molar-refractivity contribution in [3.63, 3.8) is 0 Å². The first-order valence-corrected chi connectivity index (χ1v) is 6.03. The maximum absolute atomic E-state index is 11.6. The molecule has 108 valence electrons.